The SMILES string of the molecule is CN1CCCC(C)(Oc2ccc3c(c2)NCC3)C1. The molecule has 1 aromatic carbocycles. The zero-order chi connectivity index (χ0) is 12.6. The molecule has 1 N–H and O–H groups in total. The topological polar surface area (TPSA) is 24.5 Å². The van der Waals surface area contributed by atoms with Crippen LogP contribution in [0.3, 0.4) is 0 Å². The lowest BCUT2D eigenvalue weighted by Crippen LogP contribution is -2.48. The van der Waals surface area contributed by atoms with Gasteiger partial charge in [-0.2, -0.15) is 0 Å². The van der Waals surface area contributed by atoms with Crippen LogP contribution in [-0.4, -0.2) is 37.2 Å². The summed E-state index contributed by atoms with van der Waals surface area (Å²) in [6.45, 7) is 5.48. The maximum Gasteiger partial charge on any atom is 0.122 e. The number of rotatable bonds is 2. The molecule has 3 rings (SSSR count). The van der Waals surface area contributed by atoms with Crippen molar-refractivity contribution in [3.8, 4) is 5.75 Å². The van der Waals surface area contributed by atoms with Gasteiger partial charge in [0, 0.05) is 24.8 Å². The van der Waals surface area contributed by atoms with Gasteiger partial charge in [0.15, 0.2) is 0 Å². The molecule has 0 bridgehead atoms. The van der Waals surface area contributed by atoms with E-state index in [4.69, 9.17) is 4.74 Å². The molecule has 0 spiro atoms. The average molecular weight is 246 g/mol. The van der Waals surface area contributed by atoms with E-state index in [2.05, 4.69) is 42.4 Å². The molecule has 2 aliphatic rings. The molecule has 0 aliphatic carbocycles. The van der Waals surface area contributed by atoms with E-state index in [1.165, 1.54) is 24.2 Å². The lowest BCUT2D eigenvalue weighted by molar-refractivity contribution is 0.0156. The number of fused-ring (bicyclic) bond motifs is 1. The van der Waals surface area contributed by atoms with Gasteiger partial charge in [0.2, 0.25) is 0 Å². The minimum Gasteiger partial charge on any atom is -0.486 e. The van der Waals surface area contributed by atoms with Gasteiger partial charge in [0.1, 0.15) is 11.4 Å². The molecule has 0 radical (unpaired) electrons. The van der Waals surface area contributed by atoms with Crippen LogP contribution in [-0.2, 0) is 6.42 Å². The number of likely N-dealkylation sites (tertiary alicyclic amines) is 1. The van der Waals surface area contributed by atoms with Gasteiger partial charge in [-0.15, -0.1) is 0 Å². The van der Waals surface area contributed by atoms with Crippen molar-refractivity contribution in [3.05, 3.63) is 23.8 Å². The van der Waals surface area contributed by atoms with Crippen molar-refractivity contribution in [2.75, 3.05) is 32.0 Å². The second kappa shape index (κ2) is 4.47. The third-order valence-corrected chi connectivity index (χ3v) is 4.01. The number of benzene rings is 1. The molecule has 3 heteroatoms. The van der Waals surface area contributed by atoms with Crippen LogP contribution in [0.5, 0.6) is 5.75 Å². The second-order valence-corrected chi connectivity index (χ2v) is 5.89. The van der Waals surface area contributed by atoms with Crippen molar-refractivity contribution in [3.63, 3.8) is 0 Å². The van der Waals surface area contributed by atoms with E-state index < -0.39 is 0 Å². The van der Waals surface area contributed by atoms with Gasteiger partial charge in [-0.3, -0.25) is 0 Å². The minimum absolute atomic E-state index is 0.0418. The number of piperidine rings is 1. The molecule has 2 heterocycles. The van der Waals surface area contributed by atoms with Crippen LogP contribution in [0.25, 0.3) is 0 Å². The quantitative estimate of drug-likeness (QED) is 0.868. The summed E-state index contributed by atoms with van der Waals surface area (Å²) in [7, 11) is 2.17. The molecule has 1 fully saturated rings. The zero-order valence-corrected chi connectivity index (χ0v) is 11.3. The third kappa shape index (κ3) is 2.32. The van der Waals surface area contributed by atoms with E-state index in [1.54, 1.807) is 0 Å². The van der Waals surface area contributed by atoms with E-state index in [0.717, 1.165) is 31.7 Å². The van der Waals surface area contributed by atoms with Gasteiger partial charge in [-0.1, -0.05) is 6.07 Å². The van der Waals surface area contributed by atoms with Crippen LogP contribution in [0.2, 0.25) is 0 Å². The first kappa shape index (κ1) is 11.8. The summed E-state index contributed by atoms with van der Waals surface area (Å²) in [5.41, 5.74) is 2.62. The van der Waals surface area contributed by atoms with E-state index in [-0.39, 0.29) is 5.60 Å². The van der Waals surface area contributed by atoms with Gasteiger partial charge in [0.05, 0.1) is 0 Å². The normalized spacial score (nSPS) is 27.7. The predicted octanol–water partition coefficient (Wildman–Crippen LogP) is 2.52. The largest absolute Gasteiger partial charge is 0.486 e. The summed E-state index contributed by atoms with van der Waals surface area (Å²) in [6, 6.07) is 6.47. The Bertz CT molecular complexity index is 446. The first-order valence-electron chi connectivity index (χ1n) is 6.89. The van der Waals surface area contributed by atoms with Crippen molar-refractivity contribution >= 4 is 5.69 Å². The molecule has 1 unspecified atom stereocenters. The summed E-state index contributed by atoms with van der Waals surface area (Å²) in [5.74, 6) is 1.00. The molecule has 2 aliphatic heterocycles. The number of hydrogen-bond donors (Lipinski definition) is 1. The smallest absolute Gasteiger partial charge is 0.122 e. The van der Waals surface area contributed by atoms with Gasteiger partial charge in [-0.05, 0) is 51.4 Å². The fourth-order valence-corrected chi connectivity index (χ4v) is 3.15. The molecule has 1 atom stereocenters. The highest BCUT2D eigenvalue weighted by Gasteiger charge is 2.31. The Balaban J connectivity index is 1.75. The Morgan fingerprint density at radius 3 is 3.11 bits per heavy atom. The van der Waals surface area contributed by atoms with E-state index >= 15 is 0 Å². The Morgan fingerprint density at radius 1 is 1.39 bits per heavy atom. The third-order valence-electron chi connectivity index (χ3n) is 4.01. The molecule has 18 heavy (non-hydrogen) atoms. The molecular formula is C15H22N2O. The number of likely N-dealkylation sites (N-methyl/N-ethyl adjacent to an activating group) is 1. The van der Waals surface area contributed by atoms with Crippen LogP contribution < -0.4 is 10.1 Å². The highest BCUT2D eigenvalue weighted by atomic mass is 16.5. The van der Waals surface area contributed by atoms with Crippen molar-refractivity contribution in [2.24, 2.45) is 0 Å². The highest BCUT2D eigenvalue weighted by Crippen LogP contribution is 2.31. The molecule has 1 aromatic rings. The molecule has 1 saturated heterocycles. The lowest BCUT2D eigenvalue weighted by atomic mass is 9.95. The molecular weight excluding hydrogens is 224 g/mol. The van der Waals surface area contributed by atoms with Crippen LogP contribution >= 0.6 is 0 Å². The van der Waals surface area contributed by atoms with E-state index in [9.17, 15) is 0 Å². The number of nitrogens with one attached hydrogen (secondary N) is 1. The summed E-state index contributed by atoms with van der Waals surface area (Å²) in [6.07, 6.45) is 3.49. The number of ether oxygens (including phenoxy) is 1. The fourth-order valence-electron chi connectivity index (χ4n) is 3.15. The van der Waals surface area contributed by atoms with Crippen molar-refractivity contribution in [1.29, 1.82) is 0 Å². The van der Waals surface area contributed by atoms with Gasteiger partial charge in [-0.25, -0.2) is 0 Å². The maximum atomic E-state index is 6.26. The van der Waals surface area contributed by atoms with Crippen LogP contribution in [0.4, 0.5) is 5.69 Å². The van der Waals surface area contributed by atoms with Crippen LogP contribution in [0.15, 0.2) is 18.2 Å². The summed E-state index contributed by atoms with van der Waals surface area (Å²) < 4.78 is 6.26. The first-order chi connectivity index (χ1) is 8.65. The van der Waals surface area contributed by atoms with Gasteiger partial charge >= 0.3 is 0 Å². The molecule has 3 nitrogen and oxygen atoms in total. The predicted molar refractivity (Wildman–Crippen MR) is 74.4 cm³/mol. The zero-order valence-electron chi connectivity index (χ0n) is 11.3. The number of hydrogen-bond acceptors (Lipinski definition) is 3. The average Bonchev–Trinajstić information content (AvgIpc) is 2.75. The molecule has 98 valence electrons. The van der Waals surface area contributed by atoms with E-state index in [1.807, 2.05) is 0 Å². The van der Waals surface area contributed by atoms with Crippen molar-refractivity contribution in [2.45, 2.75) is 31.8 Å². The second-order valence-electron chi connectivity index (χ2n) is 5.89. The van der Waals surface area contributed by atoms with Crippen LogP contribution in [0.1, 0.15) is 25.3 Å². The lowest BCUT2D eigenvalue weighted by Gasteiger charge is -2.39. The minimum atomic E-state index is -0.0418. The monoisotopic (exact) mass is 246 g/mol. The number of anilines is 1. The fraction of sp³-hybridized carbons (Fsp3) is 0.600. The summed E-state index contributed by atoms with van der Waals surface area (Å²) in [5, 5.41) is 3.41. The van der Waals surface area contributed by atoms with Crippen molar-refractivity contribution in [1.82, 2.24) is 4.90 Å². The van der Waals surface area contributed by atoms with Gasteiger partial charge in [0.25, 0.3) is 0 Å². The Hall–Kier alpha value is -1.22. The molecule has 0 aromatic heterocycles. The summed E-state index contributed by atoms with van der Waals surface area (Å²) in [4.78, 5) is 2.36. The maximum absolute atomic E-state index is 6.26. The summed E-state index contributed by atoms with van der Waals surface area (Å²) >= 11 is 0. The highest BCUT2D eigenvalue weighted by molar-refractivity contribution is 5.58. The van der Waals surface area contributed by atoms with Crippen LogP contribution in [0, 0.1) is 0 Å². The Labute approximate surface area is 109 Å². The standard InChI is InChI=1S/C15H22N2O/c1-15(7-3-9-17(2)11-15)18-13-5-4-12-6-8-16-14(12)10-13/h4-5,10,16H,3,6-9,11H2,1-2H3. The Morgan fingerprint density at radius 2 is 2.28 bits per heavy atom. The van der Waals surface area contributed by atoms with Gasteiger partial charge < -0.3 is 15.0 Å². The first-order valence-corrected chi connectivity index (χ1v) is 6.89. The molecule has 0 amide bonds. The number of nitrogens with zero attached hydrogens (tertiary/aromatic N) is 1. The Kier molecular flexibility index (Phi) is 2.94. The molecule has 0 saturated carbocycles. The van der Waals surface area contributed by atoms with E-state index in [0.29, 0.717) is 0 Å². The van der Waals surface area contributed by atoms with Crippen molar-refractivity contribution < 1.29 is 4.74 Å².